The number of ether oxygens (including phenoxy) is 3. The van der Waals surface area contributed by atoms with Crippen LogP contribution in [0.1, 0.15) is 49.7 Å². The van der Waals surface area contributed by atoms with E-state index in [4.69, 9.17) is 14.2 Å². The number of hydrogen-bond acceptors (Lipinski definition) is 7. The molecule has 2 heterocycles. The lowest BCUT2D eigenvalue weighted by Gasteiger charge is -2.36. The monoisotopic (exact) mass is 491 g/mol. The van der Waals surface area contributed by atoms with Crippen molar-refractivity contribution in [2.45, 2.75) is 38.5 Å². The molecule has 0 spiro atoms. The molecule has 5 rings (SSSR count). The zero-order chi connectivity index (χ0) is 24.4. The second-order valence-corrected chi connectivity index (χ2v) is 10.3. The smallest absolute Gasteiger partial charge is 0.336 e. The van der Waals surface area contributed by atoms with Gasteiger partial charge in [-0.05, 0) is 48.3 Å². The van der Waals surface area contributed by atoms with Crippen molar-refractivity contribution in [2.24, 2.45) is 0 Å². The predicted octanol–water partition coefficient (Wildman–Crippen LogP) is 5.07. The van der Waals surface area contributed by atoms with Crippen LogP contribution in [0.25, 0.3) is 0 Å². The first-order chi connectivity index (χ1) is 17.1. The number of thioether (sulfide) groups is 1. The molecule has 0 saturated heterocycles. The molecule has 2 aromatic rings. The minimum atomic E-state index is -0.517. The number of fused-ring (bicyclic) bond motifs is 1. The van der Waals surface area contributed by atoms with Gasteiger partial charge in [0.1, 0.15) is 6.61 Å². The van der Waals surface area contributed by atoms with Crippen LogP contribution in [0.3, 0.4) is 0 Å². The molecule has 7 heteroatoms. The van der Waals surface area contributed by atoms with E-state index in [9.17, 15) is 9.59 Å². The molecular weight excluding hydrogens is 462 g/mol. The third-order valence-corrected chi connectivity index (χ3v) is 7.58. The van der Waals surface area contributed by atoms with Crippen molar-refractivity contribution < 1.29 is 23.8 Å². The fraction of sp³-hybridized carbons (Fsp3) is 0.357. The lowest BCUT2D eigenvalue weighted by molar-refractivity contribution is -0.138. The Morgan fingerprint density at radius 1 is 1.09 bits per heavy atom. The van der Waals surface area contributed by atoms with Crippen molar-refractivity contribution >= 4 is 23.5 Å². The molecule has 0 amide bonds. The van der Waals surface area contributed by atoms with Crippen LogP contribution in [0.5, 0.6) is 11.5 Å². The number of carbonyl (C=O) groups is 2. The van der Waals surface area contributed by atoms with Gasteiger partial charge in [0.25, 0.3) is 0 Å². The van der Waals surface area contributed by atoms with Crippen LogP contribution < -0.4 is 14.8 Å². The van der Waals surface area contributed by atoms with Crippen molar-refractivity contribution in [3.63, 3.8) is 0 Å². The number of rotatable bonds is 7. The summed E-state index contributed by atoms with van der Waals surface area (Å²) in [5.74, 6) is 2.23. The summed E-state index contributed by atoms with van der Waals surface area (Å²) in [6.45, 7) is 4.45. The van der Waals surface area contributed by atoms with Crippen LogP contribution >= 0.6 is 11.8 Å². The van der Waals surface area contributed by atoms with E-state index >= 15 is 0 Å². The van der Waals surface area contributed by atoms with E-state index in [-0.39, 0.29) is 24.5 Å². The number of allylic oxidation sites excluding steroid dienone is 3. The quantitative estimate of drug-likeness (QED) is 0.428. The number of hydrogen-bond donors (Lipinski definition) is 1. The fourth-order valence-corrected chi connectivity index (χ4v) is 5.60. The Kier molecular flexibility index (Phi) is 6.86. The topological polar surface area (TPSA) is 73.9 Å². The van der Waals surface area contributed by atoms with Crippen molar-refractivity contribution in [3.8, 4) is 11.5 Å². The summed E-state index contributed by atoms with van der Waals surface area (Å²) in [7, 11) is 0. The van der Waals surface area contributed by atoms with E-state index in [0.717, 1.165) is 34.0 Å². The van der Waals surface area contributed by atoms with Crippen LogP contribution in [-0.2, 0) is 14.3 Å². The maximum Gasteiger partial charge on any atom is 0.336 e. The SMILES string of the molecule is CCSCCOC(=O)C1=C(C)NC2=C(C(=O)CC(c3ccccc3)C2)C1c1ccc2c(c1)OCO2. The van der Waals surface area contributed by atoms with Gasteiger partial charge in [-0.15, -0.1) is 0 Å². The highest BCUT2D eigenvalue weighted by Crippen LogP contribution is 2.47. The molecule has 2 aliphatic heterocycles. The molecule has 0 radical (unpaired) electrons. The number of benzene rings is 2. The minimum absolute atomic E-state index is 0.0506. The Balaban J connectivity index is 1.53. The molecule has 2 atom stereocenters. The minimum Gasteiger partial charge on any atom is -0.461 e. The Morgan fingerprint density at radius 3 is 2.69 bits per heavy atom. The average molecular weight is 492 g/mol. The van der Waals surface area contributed by atoms with Gasteiger partial charge >= 0.3 is 5.97 Å². The van der Waals surface area contributed by atoms with Gasteiger partial charge in [-0.1, -0.05) is 43.3 Å². The van der Waals surface area contributed by atoms with E-state index in [1.165, 1.54) is 0 Å². The van der Waals surface area contributed by atoms with Gasteiger partial charge in [-0.3, -0.25) is 4.79 Å². The van der Waals surface area contributed by atoms with E-state index in [2.05, 4.69) is 24.4 Å². The molecule has 1 N–H and O–H groups in total. The van der Waals surface area contributed by atoms with Gasteiger partial charge in [0, 0.05) is 35.1 Å². The normalized spacial score (nSPS) is 21.0. The molecule has 2 unspecified atom stereocenters. The number of nitrogens with one attached hydrogen (secondary N) is 1. The molecule has 6 nitrogen and oxygen atoms in total. The number of dihydropyridines is 1. The van der Waals surface area contributed by atoms with E-state index in [1.807, 2.05) is 43.3 Å². The van der Waals surface area contributed by atoms with Crippen LogP contribution in [0.4, 0.5) is 0 Å². The molecular formula is C28H29NO5S. The first kappa shape index (κ1) is 23.5. The van der Waals surface area contributed by atoms with E-state index < -0.39 is 5.92 Å². The van der Waals surface area contributed by atoms with Crippen molar-refractivity contribution in [1.29, 1.82) is 0 Å². The lowest BCUT2D eigenvalue weighted by atomic mass is 9.71. The van der Waals surface area contributed by atoms with Gasteiger partial charge in [-0.25, -0.2) is 4.79 Å². The zero-order valence-corrected chi connectivity index (χ0v) is 20.8. The lowest BCUT2D eigenvalue weighted by Crippen LogP contribution is -2.36. The van der Waals surface area contributed by atoms with Crippen LogP contribution in [0, 0.1) is 0 Å². The number of carbonyl (C=O) groups excluding carboxylic acids is 2. The van der Waals surface area contributed by atoms with Crippen molar-refractivity contribution in [1.82, 2.24) is 5.32 Å². The fourth-order valence-electron chi connectivity index (χ4n) is 5.11. The first-order valence-electron chi connectivity index (χ1n) is 12.0. The maximum absolute atomic E-state index is 13.7. The third kappa shape index (κ3) is 4.69. The summed E-state index contributed by atoms with van der Waals surface area (Å²) in [6, 6.07) is 15.8. The van der Waals surface area contributed by atoms with Crippen molar-refractivity contribution in [2.75, 3.05) is 24.9 Å². The Morgan fingerprint density at radius 2 is 1.89 bits per heavy atom. The highest BCUT2D eigenvalue weighted by atomic mass is 32.2. The second kappa shape index (κ2) is 10.2. The number of ketones is 1. The van der Waals surface area contributed by atoms with Gasteiger partial charge in [0.05, 0.1) is 5.57 Å². The molecule has 1 aliphatic carbocycles. The standard InChI is InChI=1S/C28H29NO5S/c1-3-35-12-11-32-28(31)25-17(2)29-21-13-20(18-7-5-4-6-8-18)14-22(30)27(21)26(25)19-9-10-23-24(15-19)34-16-33-23/h4-10,15,20,26,29H,3,11-14,16H2,1-2H3. The summed E-state index contributed by atoms with van der Waals surface area (Å²) in [4.78, 5) is 27.0. The molecule has 182 valence electrons. The Bertz CT molecular complexity index is 1200. The van der Waals surface area contributed by atoms with Crippen LogP contribution in [0.15, 0.2) is 71.1 Å². The molecule has 0 bridgehead atoms. The number of esters is 1. The molecule has 0 saturated carbocycles. The van der Waals surface area contributed by atoms with Gasteiger partial charge in [0.2, 0.25) is 6.79 Å². The zero-order valence-electron chi connectivity index (χ0n) is 20.0. The summed E-state index contributed by atoms with van der Waals surface area (Å²) in [5.41, 5.74) is 4.71. The van der Waals surface area contributed by atoms with Crippen LogP contribution in [-0.4, -0.2) is 36.7 Å². The van der Waals surface area contributed by atoms with Crippen LogP contribution in [0.2, 0.25) is 0 Å². The molecule has 3 aliphatic rings. The summed E-state index contributed by atoms with van der Waals surface area (Å²) in [6.07, 6.45) is 1.11. The van der Waals surface area contributed by atoms with Gasteiger partial charge in [0.15, 0.2) is 17.3 Å². The second-order valence-electron chi connectivity index (χ2n) is 8.87. The Hall–Kier alpha value is -3.19. The molecule has 2 aromatic carbocycles. The molecule has 0 fully saturated rings. The highest BCUT2D eigenvalue weighted by molar-refractivity contribution is 7.99. The van der Waals surface area contributed by atoms with Gasteiger partial charge < -0.3 is 19.5 Å². The third-order valence-electron chi connectivity index (χ3n) is 6.71. The van der Waals surface area contributed by atoms with E-state index in [1.54, 1.807) is 11.8 Å². The largest absolute Gasteiger partial charge is 0.461 e. The number of Topliss-reactive ketones (excluding diaryl/α,β-unsaturated/α-hetero) is 1. The first-order valence-corrected chi connectivity index (χ1v) is 13.2. The summed E-state index contributed by atoms with van der Waals surface area (Å²) < 4.78 is 16.7. The Labute approximate surface area is 209 Å². The average Bonchev–Trinajstić information content (AvgIpc) is 3.34. The van der Waals surface area contributed by atoms with Gasteiger partial charge in [-0.2, -0.15) is 11.8 Å². The summed E-state index contributed by atoms with van der Waals surface area (Å²) in [5, 5.41) is 3.41. The molecule has 35 heavy (non-hydrogen) atoms. The van der Waals surface area contributed by atoms with Crippen molar-refractivity contribution in [3.05, 3.63) is 82.2 Å². The molecule has 0 aromatic heterocycles. The summed E-state index contributed by atoms with van der Waals surface area (Å²) >= 11 is 1.72. The maximum atomic E-state index is 13.7. The van der Waals surface area contributed by atoms with E-state index in [0.29, 0.717) is 42.1 Å². The predicted molar refractivity (Wildman–Crippen MR) is 136 cm³/mol. The highest BCUT2D eigenvalue weighted by Gasteiger charge is 2.41.